The van der Waals surface area contributed by atoms with Gasteiger partial charge in [-0.15, -0.1) is 0 Å². The first-order chi connectivity index (χ1) is 15.8. The molecule has 0 unspecified atom stereocenters. The van der Waals surface area contributed by atoms with Crippen LogP contribution in [0, 0.1) is 6.92 Å². The van der Waals surface area contributed by atoms with Gasteiger partial charge in [0, 0.05) is 30.1 Å². The Labute approximate surface area is 194 Å². The van der Waals surface area contributed by atoms with E-state index in [4.69, 9.17) is 0 Å². The number of anilines is 1. The number of H-pyrrole nitrogens is 1. The van der Waals surface area contributed by atoms with E-state index in [2.05, 4.69) is 20.5 Å². The highest BCUT2D eigenvalue weighted by Crippen LogP contribution is 2.28. The van der Waals surface area contributed by atoms with Crippen molar-refractivity contribution in [2.45, 2.75) is 50.8 Å². The number of aromatic nitrogens is 3. The molecule has 0 atom stereocenters. The normalized spacial score (nSPS) is 15.0. The quantitative estimate of drug-likeness (QED) is 0.561. The lowest BCUT2D eigenvalue weighted by atomic mass is 10.1. The molecule has 2 N–H and O–H groups in total. The van der Waals surface area contributed by atoms with E-state index >= 15 is 0 Å². The Balaban J connectivity index is 1.63. The van der Waals surface area contributed by atoms with E-state index in [-0.39, 0.29) is 16.7 Å². The molecule has 1 aliphatic rings. The molecule has 0 aliphatic carbocycles. The van der Waals surface area contributed by atoms with Crippen LogP contribution in [-0.2, 0) is 10.0 Å². The van der Waals surface area contributed by atoms with Crippen LogP contribution in [0.2, 0.25) is 0 Å². The number of para-hydroxylation sites is 1. The van der Waals surface area contributed by atoms with Crippen LogP contribution in [0.5, 0.6) is 0 Å². The fourth-order valence-electron chi connectivity index (χ4n) is 3.89. The van der Waals surface area contributed by atoms with Crippen molar-refractivity contribution in [1.29, 1.82) is 0 Å². The Kier molecular flexibility index (Phi) is 6.62. The second kappa shape index (κ2) is 9.44. The monoisotopic (exact) mass is 467 g/mol. The molecular formula is C24H29N5O3S. The molecule has 2 heterocycles. The molecule has 3 aromatic rings. The van der Waals surface area contributed by atoms with E-state index in [0.717, 1.165) is 25.1 Å². The highest BCUT2D eigenvalue weighted by Gasteiger charge is 2.27. The summed E-state index contributed by atoms with van der Waals surface area (Å²) >= 11 is 0. The molecule has 1 aliphatic heterocycles. The molecule has 2 aromatic carbocycles. The average molecular weight is 468 g/mol. The third-order valence-electron chi connectivity index (χ3n) is 5.87. The number of carbonyl (C=O) groups excluding carboxylic acids is 1. The van der Waals surface area contributed by atoms with Gasteiger partial charge in [-0.25, -0.2) is 13.4 Å². The Hall–Kier alpha value is -3.04. The molecule has 0 bridgehead atoms. The zero-order valence-corrected chi connectivity index (χ0v) is 19.9. The minimum atomic E-state index is -3.64. The van der Waals surface area contributed by atoms with E-state index in [1.165, 1.54) is 10.4 Å². The Morgan fingerprint density at radius 3 is 2.52 bits per heavy atom. The third-order valence-corrected chi connectivity index (χ3v) is 7.77. The lowest BCUT2D eigenvalue weighted by Gasteiger charge is -2.26. The molecule has 0 saturated carbocycles. The molecule has 8 nitrogen and oxygen atoms in total. The average Bonchev–Trinajstić information content (AvgIpc) is 3.31. The maximum Gasteiger partial charge on any atom is 0.255 e. The summed E-state index contributed by atoms with van der Waals surface area (Å²) in [5.41, 5.74) is 2.26. The molecule has 0 radical (unpaired) electrons. The maximum atomic E-state index is 13.2. The maximum absolute atomic E-state index is 13.2. The lowest BCUT2D eigenvalue weighted by molar-refractivity contribution is 0.102. The van der Waals surface area contributed by atoms with Gasteiger partial charge in [-0.05, 0) is 49.6 Å². The fourth-order valence-corrected chi connectivity index (χ4v) is 5.43. The van der Waals surface area contributed by atoms with Gasteiger partial charge < -0.3 is 5.32 Å². The number of carbonyl (C=O) groups is 1. The van der Waals surface area contributed by atoms with Gasteiger partial charge in [-0.1, -0.05) is 38.5 Å². The van der Waals surface area contributed by atoms with Crippen molar-refractivity contribution in [2.75, 3.05) is 18.4 Å². The first-order valence-electron chi connectivity index (χ1n) is 11.2. The number of aryl methyl sites for hydroxylation is 1. The van der Waals surface area contributed by atoms with Crippen molar-refractivity contribution < 1.29 is 13.2 Å². The summed E-state index contributed by atoms with van der Waals surface area (Å²) in [5, 5.41) is 10.1. The zero-order chi connectivity index (χ0) is 23.6. The minimum Gasteiger partial charge on any atom is -0.321 e. The molecule has 33 heavy (non-hydrogen) atoms. The molecule has 174 valence electrons. The van der Waals surface area contributed by atoms with Gasteiger partial charge in [0.05, 0.1) is 10.6 Å². The first kappa shape index (κ1) is 23.1. The Morgan fingerprint density at radius 2 is 1.82 bits per heavy atom. The summed E-state index contributed by atoms with van der Waals surface area (Å²) in [6.07, 6.45) is 2.75. The topological polar surface area (TPSA) is 108 Å². The number of aromatic amines is 1. The Morgan fingerprint density at radius 1 is 1.09 bits per heavy atom. The summed E-state index contributed by atoms with van der Waals surface area (Å²) in [5.74, 6) is 1.07. The summed E-state index contributed by atoms with van der Waals surface area (Å²) < 4.78 is 27.7. The zero-order valence-electron chi connectivity index (χ0n) is 19.1. The third kappa shape index (κ3) is 4.84. The number of piperidine rings is 1. The van der Waals surface area contributed by atoms with Crippen LogP contribution in [0.4, 0.5) is 5.69 Å². The van der Waals surface area contributed by atoms with E-state index in [1.807, 2.05) is 32.0 Å². The van der Waals surface area contributed by atoms with Gasteiger partial charge in [0.15, 0.2) is 5.82 Å². The second-order valence-corrected chi connectivity index (χ2v) is 10.6. The number of rotatable bonds is 6. The predicted molar refractivity (Wildman–Crippen MR) is 128 cm³/mol. The van der Waals surface area contributed by atoms with Crippen molar-refractivity contribution in [2.24, 2.45) is 0 Å². The number of benzene rings is 2. The Bertz CT molecular complexity index is 1260. The van der Waals surface area contributed by atoms with Crippen LogP contribution in [0.1, 0.15) is 60.8 Å². The molecule has 9 heteroatoms. The van der Waals surface area contributed by atoms with E-state index in [0.29, 0.717) is 41.3 Å². The van der Waals surface area contributed by atoms with Crippen LogP contribution in [0.25, 0.3) is 11.4 Å². The standard InChI is InChI=1S/C24H29N5O3S/c1-16(2)22-26-23(28-27-22)19-9-5-6-10-21(19)25-24(30)20-15-18(12-11-17(20)3)33(31,32)29-13-7-4-8-14-29/h5-6,9-12,15-16H,4,7-8,13-14H2,1-3H3,(H,25,30)(H,26,27,28). The van der Waals surface area contributed by atoms with Gasteiger partial charge in [-0.2, -0.15) is 9.40 Å². The number of hydrogen-bond acceptors (Lipinski definition) is 5. The molecule has 1 saturated heterocycles. The summed E-state index contributed by atoms with van der Waals surface area (Å²) in [6.45, 7) is 6.86. The van der Waals surface area contributed by atoms with Crippen LogP contribution < -0.4 is 5.32 Å². The highest BCUT2D eigenvalue weighted by molar-refractivity contribution is 7.89. The van der Waals surface area contributed by atoms with Crippen molar-refractivity contribution in [3.05, 3.63) is 59.4 Å². The molecule has 4 rings (SSSR count). The number of amides is 1. The summed E-state index contributed by atoms with van der Waals surface area (Å²) in [7, 11) is -3.64. The van der Waals surface area contributed by atoms with Crippen LogP contribution >= 0.6 is 0 Å². The fraction of sp³-hybridized carbons (Fsp3) is 0.375. The summed E-state index contributed by atoms with van der Waals surface area (Å²) in [4.78, 5) is 17.9. The van der Waals surface area contributed by atoms with Crippen molar-refractivity contribution in [1.82, 2.24) is 19.5 Å². The summed E-state index contributed by atoms with van der Waals surface area (Å²) in [6, 6.07) is 12.0. The number of sulfonamides is 1. The molecule has 0 spiro atoms. The first-order valence-corrected chi connectivity index (χ1v) is 12.6. The van der Waals surface area contributed by atoms with E-state index in [9.17, 15) is 13.2 Å². The molecular weight excluding hydrogens is 438 g/mol. The highest BCUT2D eigenvalue weighted by atomic mass is 32.2. The van der Waals surface area contributed by atoms with Crippen molar-refractivity contribution >= 4 is 21.6 Å². The van der Waals surface area contributed by atoms with Gasteiger partial charge in [0.2, 0.25) is 10.0 Å². The second-order valence-electron chi connectivity index (χ2n) is 8.64. The number of hydrogen-bond donors (Lipinski definition) is 2. The number of nitrogens with zero attached hydrogens (tertiary/aromatic N) is 3. The van der Waals surface area contributed by atoms with Crippen molar-refractivity contribution in [3.8, 4) is 11.4 Å². The molecule has 1 fully saturated rings. The van der Waals surface area contributed by atoms with Crippen LogP contribution in [-0.4, -0.2) is 46.9 Å². The number of nitrogens with one attached hydrogen (secondary N) is 2. The van der Waals surface area contributed by atoms with Crippen molar-refractivity contribution in [3.63, 3.8) is 0 Å². The largest absolute Gasteiger partial charge is 0.321 e. The van der Waals surface area contributed by atoms with Gasteiger partial charge in [-0.3, -0.25) is 9.89 Å². The smallest absolute Gasteiger partial charge is 0.255 e. The molecule has 1 aromatic heterocycles. The van der Waals surface area contributed by atoms with Gasteiger partial charge in [0.25, 0.3) is 5.91 Å². The van der Waals surface area contributed by atoms with E-state index < -0.39 is 10.0 Å². The van der Waals surface area contributed by atoms with Gasteiger partial charge >= 0.3 is 0 Å². The SMILES string of the molecule is Cc1ccc(S(=O)(=O)N2CCCCC2)cc1C(=O)Nc1ccccc1-c1n[nH]c(C(C)C)n1. The molecule has 1 amide bonds. The van der Waals surface area contributed by atoms with E-state index in [1.54, 1.807) is 25.1 Å². The minimum absolute atomic E-state index is 0.143. The van der Waals surface area contributed by atoms with Crippen LogP contribution in [0.3, 0.4) is 0 Å². The predicted octanol–water partition coefficient (Wildman–Crippen LogP) is 4.33. The van der Waals surface area contributed by atoms with Gasteiger partial charge in [0.1, 0.15) is 5.82 Å². The lowest BCUT2D eigenvalue weighted by Crippen LogP contribution is -2.35. The van der Waals surface area contributed by atoms with Crippen LogP contribution in [0.15, 0.2) is 47.4 Å².